The van der Waals surface area contributed by atoms with E-state index in [9.17, 15) is 4.79 Å². The van der Waals surface area contributed by atoms with Crippen LogP contribution in [0.25, 0.3) is 0 Å². The minimum atomic E-state index is -0.0741. The van der Waals surface area contributed by atoms with Gasteiger partial charge in [-0.1, -0.05) is 19.3 Å². The fraction of sp³-hybridized carbons (Fsp3) is 0.526. The van der Waals surface area contributed by atoms with Crippen molar-refractivity contribution in [3.8, 4) is 5.75 Å². The van der Waals surface area contributed by atoms with Gasteiger partial charge in [-0.05, 0) is 61.8 Å². The van der Waals surface area contributed by atoms with Crippen LogP contribution in [-0.2, 0) is 4.79 Å². The lowest BCUT2D eigenvalue weighted by atomic mass is 9.96. The van der Waals surface area contributed by atoms with Crippen molar-refractivity contribution in [1.82, 2.24) is 15.6 Å². The zero-order chi connectivity index (χ0) is 18.9. The monoisotopic (exact) mass is 376 g/mol. The second-order valence-corrected chi connectivity index (χ2v) is 7.13. The number of nitrogens with one attached hydrogen (secondary N) is 2. The molecule has 2 N–H and O–H groups in total. The van der Waals surface area contributed by atoms with E-state index in [-0.39, 0.29) is 12.5 Å². The molecule has 1 saturated carbocycles. The van der Waals surface area contributed by atoms with Gasteiger partial charge >= 0.3 is 0 Å². The van der Waals surface area contributed by atoms with Crippen molar-refractivity contribution in [2.45, 2.75) is 45.1 Å². The topological polar surface area (TPSA) is 66.0 Å². The summed E-state index contributed by atoms with van der Waals surface area (Å²) in [5.41, 5.74) is 4.71. The molecule has 0 unspecified atom stereocenters. The van der Waals surface area contributed by atoms with Gasteiger partial charge in [0.25, 0.3) is 5.91 Å². The van der Waals surface area contributed by atoms with Crippen LogP contribution in [-0.4, -0.2) is 48.4 Å². The molecule has 0 spiro atoms. The maximum absolute atomic E-state index is 11.5. The lowest BCUT2D eigenvalue weighted by molar-refractivity contribution is -0.130. The lowest BCUT2D eigenvalue weighted by Crippen LogP contribution is -2.41. The summed E-state index contributed by atoms with van der Waals surface area (Å²) in [6.45, 7) is 1.95. The van der Waals surface area contributed by atoms with Gasteiger partial charge < -0.3 is 15.0 Å². The third kappa shape index (κ3) is 6.63. The van der Waals surface area contributed by atoms with E-state index in [4.69, 9.17) is 17.0 Å². The minimum absolute atomic E-state index is 0.0298. The quantitative estimate of drug-likeness (QED) is 0.454. The van der Waals surface area contributed by atoms with Crippen LogP contribution in [0.2, 0.25) is 0 Å². The first kappa shape index (κ1) is 20.2. The van der Waals surface area contributed by atoms with Crippen LogP contribution in [0.15, 0.2) is 29.4 Å². The van der Waals surface area contributed by atoms with Crippen molar-refractivity contribution in [2.24, 2.45) is 5.10 Å². The summed E-state index contributed by atoms with van der Waals surface area (Å²) in [5, 5.41) is 8.24. The molecule has 1 aliphatic rings. The number of amides is 1. The number of hydrazone groups is 1. The molecule has 1 aliphatic carbocycles. The molecular formula is C19H28N4O2S. The number of ether oxygens (including phenoxy) is 1. The van der Waals surface area contributed by atoms with Gasteiger partial charge in [0.1, 0.15) is 5.75 Å². The lowest BCUT2D eigenvalue weighted by Gasteiger charge is -2.23. The smallest absolute Gasteiger partial charge is 0.259 e. The Balaban J connectivity index is 1.82. The van der Waals surface area contributed by atoms with Gasteiger partial charge in [0.05, 0.1) is 5.71 Å². The van der Waals surface area contributed by atoms with Crippen molar-refractivity contribution in [3.05, 3.63) is 29.8 Å². The standard InChI is InChI=1S/C19H28N4O2S/c1-14(21-22-19(26)20-16-7-5-4-6-8-16)15-9-11-17(12-10-15)25-13-18(24)23(2)3/h9-12,16H,4-8,13H2,1-3H3,(H2,20,22,26). The van der Waals surface area contributed by atoms with E-state index in [0.29, 0.717) is 16.9 Å². The van der Waals surface area contributed by atoms with Crippen LogP contribution in [0.5, 0.6) is 5.75 Å². The third-order valence-corrected chi connectivity index (χ3v) is 4.61. The van der Waals surface area contributed by atoms with Crippen molar-refractivity contribution in [2.75, 3.05) is 20.7 Å². The Morgan fingerprint density at radius 2 is 1.88 bits per heavy atom. The van der Waals surface area contributed by atoms with E-state index in [1.807, 2.05) is 31.2 Å². The molecule has 0 aliphatic heterocycles. The molecule has 1 aromatic carbocycles. The van der Waals surface area contributed by atoms with Crippen molar-refractivity contribution < 1.29 is 9.53 Å². The molecule has 7 heteroatoms. The fourth-order valence-corrected chi connectivity index (χ4v) is 2.94. The third-order valence-electron chi connectivity index (χ3n) is 4.40. The van der Waals surface area contributed by atoms with Crippen molar-refractivity contribution in [3.63, 3.8) is 0 Å². The van der Waals surface area contributed by atoms with Crippen LogP contribution < -0.4 is 15.5 Å². The predicted molar refractivity (Wildman–Crippen MR) is 109 cm³/mol. The summed E-state index contributed by atoms with van der Waals surface area (Å²) in [5.74, 6) is 0.578. The van der Waals surface area contributed by atoms with Gasteiger partial charge in [0, 0.05) is 20.1 Å². The van der Waals surface area contributed by atoms with Crippen molar-refractivity contribution >= 4 is 28.9 Å². The van der Waals surface area contributed by atoms with Crippen molar-refractivity contribution in [1.29, 1.82) is 0 Å². The minimum Gasteiger partial charge on any atom is -0.484 e. The molecule has 1 amide bonds. The van der Waals surface area contributed by atoms with Crippen LogP contribution in [0, 0.1) is 0 Å². The van der Waals surface area contributed by atoms with Gasteiger partial charge in [0.2, 0.25) is 0 Å². The molecule has 2 rings (SSSR count). The molecule has 26 heavy (non-hydrogen) atoms. The fourth-order valence-electron chi connectivity index (χ4n) is 2.73. The first-order chi connectivity index (χ1) is 12.5. The highest BCUT2D eigenvalue weighted by Gasteiger charge is 2.13. The van der Waals surface area contributed by atoms with E-state index in [1.54, 1.807) is 14.1 Å². The number of likely N-dealkylation sites (N-methyl/N-ethyl adjacent to an activating group) is 1. The molecule has 0 aromatic heterocycles. The Morgan fingerprint density at radius 1 is 1.23 bits per heavy atom. The molecule has 142 valence electrons. The zero-order valence-electron chi connectivity index (χ0n) is 15.7. The molecule has 0 saturated heterocycles. The van der Waals surface area contributed by atoms with E-state index in [2.05, 4.69) is 15.8 Å². The first-order valence-electron chi connectivity index (χ1n) is 9.00. The predicted octanol–water partition coefficient (Wildman–Crippen LogP) is 2.67. The number of hydrogen-bond donors (Lipinski definition) is 2. The number of thiocarbonyl (C=S) groups is 1. The van der Waals surface area contributed by atoms with Gasteiger partial charge in [0.15, 0.2) is 11.7 Å². The number of benzene rings is 1. The summed E-state index contributed by atoms with van der Waals surface area (Å²) in [6.07, 6.45) is 6.18. The molecular weight excluding hydrogens is 348 g/mol. The Kier molecular flexibility index (Phi) is 7.84. The maximum Gasteiger partial charge on any atom is 0.259 e. The molecule has 1 fully saturated rings. The first-order valence-corrected chi connectivity index (χ1v) is 9.40. The molecule has 0 heterocycles. The summed E-state index contributed by atoms with van der Waals surface area (Å²) >= 11 is 5.32. The average molecular weight is 377 g/mol. The summed E-state index contributed by atoms with van der Waals surface area (Å²) in [7, 11) is 3.41. The molecule has 6 nitrogen and oxygen atoms in total. The molecule has 1 aromatic rings. The molecule has 0 radical (unpaired) electrons. The second-order valence-electron chi connectivity index (χ2n) is 6.72. The van der Waals surface area contributed by atoms with E-state index >= 15 is 0 Å². The zero-order valence-corrected chi connectivity index (χ0v) is 16.6. The van der Waals surface area contributed by atoms with E-state index < -0.39 is 0 Å². The Labute approximate surface area is 161 Å². The van der Waals surface area contributed by atoms with E-state index in [1.165, 1.54) is 37.0 Å². The highest BCUT2D eigenvalue weighted by atomic mass is 32.1. The van der Waals surface area contributed by atoms with Gasteiger partial charge in [-0.25, -0.2) is 0 Å². The molecule has 0 bridgehead atoms. The number of nitrogens with zero attached hydrogens (tertiary/aromatic N) is 2. The Morgan fingerprint density at radius 3 is 2.50 bits per heavy atom. The van der Waals surface area contributed by atoms with Gasteiger partial charge in [-0.3, -0.25) is 10.2 Å². The summed E-state index contributed by atoms with van der Waals surface area (Å²) in [6, 6.07) is 7.94. The van der Waals surface area contributed by atoms with Gasteiger partial charge in [-0.2, -0.15) is 5.10 Å². The number of carbonyl (C=O) groups is 1. The van der Waals surface area contributed by atoms with Crippen LogP contribution >= 0.6 is 12.2 Å². The summed E-state index contributed by atoms with van der Waals surface area (Å²) < 4.78 is 5.47. The van der Waals surface area contributed by atoms with Crippen LogP contribution in [0.4, 0.5) is 0 Å². The Hall–Kier alpha value is -2.15. The SMILES string of the molecule is CC(=NNC(=S)NC1CCCCC1)c1ccc(OCC(=O)N(C)C)cc1. The number of carbonyl (C=O) groups excluding carboxylic acids is 1. The number of hydrogen-bond acceptors (Lipinski definition) is 4. The maximum atomic E-state index is 11.5. The summed E-state index contributed by atoms with van der Waals surface area (Å²) in [4.78, 5) is 13.0. The second kappa shape index (κ2) is 10.1. The Bertz CT molecular complexity index is 637. The van der Waals surface area contributed by atoms with Gasteiger partial charge in [-0.15, -0.1) is 0 Å². The highest BCUT2D eigenvalue weighted by molar-refractivity contribution is 7.80. The van der Waals surface area contributed by atoms with E-state index in [0.717, 1.165) is 11.3 Å². The average Bonchev–Trinajstić information content (AvgIpc) is 2.65. The van der Waals surface area contributed by atoms with Crippen LogP contribution in [0.1, 0.15) is 44.6 Å². The molecule has 0 atom stereocenters. The number of rotatable bonds is 6. The largest absolute Gasteiger partial charge is 0.484 e. The van der Waals surface area contributed by atoms with Crippen LogP contribution in [0.3, 0.4) is 0 Å². The normalized spacial score (nSPS) is 15.3. The highest BCUT2D eigenvalue weighted by Crippen LogP contribution is 2.17.